The van der Waals surface area contributed by atoms with Crippen molar-refractivity contribution < 1.29 is 22.7 Å². The summed E-state index contributed by atoms with van der Waals surface area (Å²) >= 11 is 14.0. The topological polar surface area (TPSA) is 96.0 Å². The molecule has 0 fully saturated rings. The van der Waals surface area contributed by atoms with Crippen molar-refractivity contribution in [1.29, 1.82) is 0 Å². The Labute approximate surface area is 268 Å². The number of hydrogen-bond donors (Lipinski definition) is 1. The number of anilines is 1. The highest BCUT2D eigenvalue weighted by Crippen LogP contribution is 2.29. The summed E-state index contributed by atoms with van der Waals surface area (Å²) in [6.07, 6.45) is 1.90. The number of amides is 2. The van der Waals surface area contributed by atoms with E-state index < -0.39 is 28.5 Å². The summed E-state index contributed by atoms with van der Waals surface area (Å²) in [7, 11) is -4.20. The largest absolute Gasteiger partial charge is 0.494 e. The Hall–Kier alpha value is -2.92. The standard InChI is InChI=1S/C31H37Cl2N3O5S2/c1-6-41-26-11-9-25(10-12-26)36(43(39,40)28-15-13-27(42-5)14-16-28)20-30(37)35(22(4)31(38)34-18-21(2)3)19-23-7-8-24(32)17-29(23)33/h7-17,21-22H,6,18-20H2,1-5H3,(H,34,38). The number of hydrogen-bond acceptors (Lipinski definition) is 6. The minimum absolute atomic E-state index is 0.0296. The van der Waals surface area contributed by atoms with Crippen molar-refractivity contribution in [3.8, 4) is 5.75 Å². The van der Waals surface area contributed by atoms with Crippen molar-refractivity contribution in [1.82, 2.24) is 10.2 Å². The smallest absolute Gasteiger partial charge is 0.264 e. The monoisotopic (exact) mass is 665 g/mol. The Morgan fingerprint density at radius 3 is 2.19 bits per heavy atom. The van der Waals surface area contributed by atoms with Gasteiger partial charge in [-0.05, 0) is 92.2 Å². The number of thioether (sulfide) groups is 1. The van der Waals surface area contributed by atoms with Crippen LogP contribution in [0.25, 0.3) is 0 Å². The lowest BCUT2D eigenvalue weighted by atomic mass is 10.1. The normalized spacial score (nSPS) is 12.1. The first-order chi connectivity index (χ1) is 20.4. The predicted molar refractivity (Wildman–Crippen MR) is 175 cm³/mol. The molecule has 2 amide bonds. The Kier molecular flexibility index (Phi) is 12.6. The van der Waals surface area contributed by atoms with E-state index in [2.05, 4.69) is 5.32 Å². The van der Waals surface area contributed by atoms with Crippen LogP contribution in [0.5, 0.6) is 5.75 Å². The highest BCUT2D eigenvalue weighted by Gasteiger charge is 2.33. The minimum atomic E-state index is -4.20. The van der Waals surface area contributed by atoms with Crippen LogP contribution in [0.1, 0.15) is 33.3 Å². The molecule has 0 aliphatic heterocycles. The number of nitrogens with zero attached hydrogens (tertiary/aromatic N) is 2. The van der Waals surface area contributed by atoms with Gasteiger partial charge >= 0.3 is 0 Å². The van der Waals surface area contributed by atoms with Crippen molar-refractivity contribution in [2.75, 3.05) is 30.3 Å². The zero-order valence-electron chi connectivity index (χ0n) is 24.8. The summed E-state index contributed by atoms with van der Waals surface area (Å²) in [4.78, 5) is 29.5. The fourth-order valence-electron chi connectivity index (χ4n) is 4.15. The second-order valence-electron chi connectivity index (χ2n) is 10.2. The van der Waals surface area contributed by atoms with Gasteiger partial charge in [0, 0.05) is 28.0 Å². The molecule has 0 radical (unpaired) electrons. The third-order valence-corrected chi connectivity index (χ3v) is 9.69. The van der Waals surface area contributed by atoms with Crippen LogP contribution in [0, 0.1) is 5.92 Å². The SMILES string of the molecule is CCOc1ccc(N(CC(=O)N(Cc2ccc(Cl)cc2Cl)C(C)C(=O)NCC(C)C)S(=O)(=O)c2ccc(SC)cc2)cc1. The second-order valence-corrected chi connectivity index (χ2v) is 13.8. The van der Waals surface area contributed by atoms with E-state index in [1.54, 1.807) is 61.5 Å². The lowest BCUT2D eigenvalue weighted by Gasteiger charge is -2.32. The third-order valence-electron chi connectivity index (χ3n) is 6.57. The van der Waals surface area contributed by atoms with Gasteiger partial charge in [-0.1, -0.05) is 43.1 Å². The first-order valence-corrected chi connectivity index (χ1v) is 17.2. The molecule has 3 aromatic rings. The number of benzene rings is 3. The predicted octanol–water partition coefficient (Wildman–Crippen LogP) is 6.50. The van der Waals surface area contributed by atoms with E-state index in [1.807, 2.05) is 27.0 Å². The number of rotatable bonds is 14. The molecule has 0 bridgehead atoms. The fraction of sp³-hybridized carbons (Fsp3) is 0.355. The zero-order chi connectivity index (χ0) is 31.7. The quantitative estimate of drug-likeness (QED) is 0.198. The van der Waals surface area contributed by atoms with Crippen molar-refractivity contribution in [3.05, 3.63) is 82.3 Å². The van der Waals surface area contributed by atoms with Gasteiger partial charge in [0.15, 0.2) is 0 Å². The molecule has 232 valence electrons. The number of carbonyl (C=O) groups excluding carboxylic acids is 2. The lowest BCUT2D eigenvalue weighted by Crippen LogP contribution is -2.51. The molecular formula is C31H37Cl2N3O5S2. The van der Waals surface area contributed by atoms with Gasteiger partial charge in [-0.15, -0.1) is 11.8 Å². The minimum Gasteiger partial charge on any atom is -0.494 e. The molecule has 8 nitrogen and oxygen atoms in total. The van der Waals surface area contributed by atoms with E-state index in [9.17, 15) is 18.0 Å². The van der Waals surface area contributed by atoms with Gasteiger partial charge in [-0.3, -0.25) is 13.9 Å². The summed E-state index contributed by atoms with van der Waals surface area (Å²) < 4.78 is 34.6. The van der Waals surface area contributed by atoms with E-state index in [4.69, 9.17) is 27.9 Å². The first-order valence-electron chi connectivity index (χ1n) is 13.8. The van der Waals surface area contributed by atoms with E-state index >= 15 is 0 Å². The highest BCUT2D eigenvalue weighted by molar-refractivity contribution is 7.98. The average Bonchev–Trinajstić information content (AvgIpc) is 2.98. The van der Waals surface area contributed by atoms with Crippen molar-refractivity contribution in [2.24, 2.45) is 5.92 Å². The zero-order valence-corrected chi connectivity index (χ0v) is 28.0. The van der Waals surface area contributed by atoms with E-state index in [1.165, 1.54) is 28.8 Å². The van der Waals surface area contributed by atoms with Crippen LogP contribution in [0.15, 0.2) is 76.5 Å². The second kappa shape index (κ2) is 15.7. The van der Waals surface area contributed by atoms with Crippen LogP contribution in [0.2, 0.25) is 10.0 Å². The Morgan fingerprint density at radius 1 is 0.977 bits per heavy atom. The molecule has 0 spiro atoms. The molecule has 0 saturated carbocycles. The summed E-state index contributed by atoms with van der Waals surface area (Å²) in [6.45, 7) is 7.65. The molecule has 0 heterocycles. The summed E-state index contributed by atoms with van der Waals surface area (Å²) in [5.74, 6) is -0.191. The Bertz CT molecular complexity index is 1500. The molecule has 0 aliphatic carbocycles. The molecule has 0 saturated heterocycles. The van der Waals surface area contributed by atoms with Gasteiger partial charge in [0.25, 0.3) is 10.0 Å². The van der Waals surface area contributed by atoms with Gasteiger partial charge in [0.05, 0.1) is 17.2 Å². The lowest BCUT2D eigenvalue weighted by molar-refractivity contribution is -0.139. The highest BCUT2D eigenvalue weighted by atomic mass is 35.5. The van der Waals surface area contributed by atoms with Crippen LogP contribution in [-0.4, -0.2) is 57.1 Å². The first kappa shape index (κ1) is 34.6. The maximum Gasteiger partial charge on any atom is 0.264 e. The number of sulfonamides is 1. The number of ether oxygens (including phenoxy) is 1. The molecule has 1 atom stereocenters. The maximum absolute atomic E-state index is 14.1. The summed E-state index contributed by atoms with van der Waals surface area (Å²) in [5, 5.41) is 3.61. The van der Waals surface area contributed by atoms with Crippen molar-refractivity contribution in [3.63, 3.8) is 0 Å². The maximum atomic E-state index is 14.1. The van der Waals surface area contributed by atoms with Crippen LogP contribution in [-0.2, 0) is 26.2 Å². The van der Waals surface area contributed by atoms with Gasteiger partial charge in [0.2, 0.25) is 11.8 Å². The molecule has 0 aromatic heterocycles. The molecule has 3 aromatic carbocycles. The molecule has 43 heavy (non-hydrogen) atoms. The molecule has 0 aliphatic rings. The van der Waals surface area contributed by atoms with E-state index in [0.717, 1.165) is 9.20 Å². The summed E-state index contributed by atoms with van der Waals surface area (Å²) in [6, 6.07) is 16.9. The van der Waals surface area contributed by atoms with E-state index in [0.29, 0.717) is 34.5 Å². The van der Waals surface area contributed by atoms with Crippen molar-refractivity contribution >= 4 is 62.5 Å². The molecule has 3 rings (SSSR count). The van der Waals surface area contributed by atoms with Gasteiger partial charge < -0.3 is 15.0 Å². The Balaban J connectivity index is 2.04. The number of carbonyl (C=O) groups is 2. The third kappa shape index (κ3) is 9.28. The molecular weight excluding hydrogens is 629 g/mol. The molecule has 12 heteroatoms. The molecule has 1 unspecified atom stereocenters. The van der Waals surface area contributed by atoms with Crippen molar-refractivity contribution in [2.45, 2.75) is 50.1 Å². The average molecular weight is 667 g/mol. The molecule has 1 N–H and O–H groups in total. The van der Waals surface area contributed by atoms with Crippen LogP contribution < -0.4 is 14.4 Å². The van der Waals surface area contributed by atoms with Gasteiger partial charge in [0.1, 0.15) is 18.3 Å². The number of nitrogens with one attached hydrogen (secondary N) is 1. The van der Waals surface area contributed by atoms with Gasteiger partial charge in [-0.25, -0.2) is 8.42 Å². The fourth-order valence-corrected chi connectivity index (χ4v) is 6.44. The van der Waals surface area contributed by atoms with E-state index in [-0.39, 0.29) is 29.0 Å². The Morgan fingerprint density at radius 2 is 1.63 bits per heavy atom. The van der Waals surface area contributed by atoms with Crippen LogP contribution in [0.4, 0.5) is 5.69 Å². The van der Waals surface area contributed by atoms with Crippen LogP contribution in [0.3, 0.4) is 0 Å². The summed E-state index contributed by atoms with van der Waals surface area (Å²) in [5.41, 5.74) is 0.832. The number of halogens is 2. The van der Waals surface area contributed by atoms with Gasteiger partial charge in [-0.2, -0.15) is 0 Å². The van der Waals surface area contributed by atoms with Crippen LogP contribution >= 0.6 is 35.0 Å².